The van der Waals surface area contributed by atoms with E-state index in [9.17, 15) is 4.79 Å². The lowest BCUT2D eigenvalue weighted by atomic mass is 9.89. The van der Waals surface area contributed by atoms with Crippen molar-refractivity contribution in [2.75, 3.05) is 31.1 Å². The number of benzene rings is 1. The van der Waals surface area contributed by atoms with Crippen LogP contribution in [-0.4, -0.2) is 48.1 Å². The lowest BCUT2D eigenvalue weighted by molar-refractivity contribution is -0.126. The lowest BCUT2D eigenvalue weighted by Crippen LogP contribution is -2.38. The van der Waals surface area contributed by atoms with E-state index >= 15 is 0 Å². The normalized spacial score (nSPS) is 20.5. The average Bonchev–Trinajstić information content (AvgIpc) is 2.68. The number of nitrogens with one attached hydrogen (secondary N) is 1. The molecule has 3 rings (SSSR count). The van der Waals surface area contributed by atoms with Gasteiger partial charge >= 0.3 is 0 Å². The summed E-state index contributed by atoms with van der Waals surface area (Å²) in [6.07, 6.45) is 5.70. The van der Waals surface area contributed by atoms with E-state index in [1.807, 2.05) is 24.8 Å². The van der Waals surface area contributed by atoms with Gasteiger partial charge in [0, 0.05) is 37.1 Å². The van der Waals surface area contributed by atoms with Gasteiger partial charge in [0.15, 0.2) is 0 Å². The monoisotopic (exact) mass is 376 g/mol. The first kappa shape index (κ1) is 19.6. The highest BCUT2D eigenvalue weighted by atomic mass is 32.2. The second kappa shape index (κ2) is 10.2. The van der Waals surface area contributed by atoms with Crippen molar-refractivity contribution in [1.82, 2.24) is 10.2 Å². The summed E-state index contributed by atoms with van der Waals surface area (Å²) in [6, 6.07) is 8.39. The van der Waals surface area contributed by atoms with Crippen molar-refractivity contribution in [2.45, 2.75) is 51.7 Å². The molecule has 144 valence electrons. The van der Waals surface area contributed by atoms with E-state index in [1.54, 1.807) is 0 Å². The molecular weight excluding hydrogens is 344 g/mol. The van der Waals surface area contributed by atoms with E-state index in [0.29, 0.717) is 6.54 Å². The molecule has 1 aromatic carbocycles. The van der Waals surface area contributed by atoms with E-state index in [-0.39, 0.29) is 17.9 Å². The molecule has 0 unspecified atom stereocenters. The van der Waals surface area contributed by atoms with E-state index < -0.39 is 0 Å². The van der Waals surface area contributed by atoms with Crippen molar-refractivity contribution in [3.05, 3.63) is 29.8 Å². The van der Waals surface area contributed by atoms with E-state index in [4.69, 9.17) is 4.74 Å². The zero-order valence-corrected chi connectivity index (χ0v) is 16.7. The van der Waals surface area contributed by atoms with Crippen LogP contribution < -0.4 is 10.1 Å². The first-order valence-corrected chi connectivity index (χ1v) is 11.2. The fourth-order valence-corrected chi connectivity index (χ4v) is 4.74. The van der Waals surface area contributed by atoms with Crippen LogP contribution in [0.2, 0.25) is 0 Å². The number of hydrogen-bond acceptors (Lipinski definition) is 4. The van der Waals surface area contributed by atoms with E-state index in [2.05, 4.69) is 28.4 Å². The molecule has 1 aliphatic heterocycles. The Morgan fingerprint density at radius 3 is 2.81 bits per heavy atom. The van der Waals surface area contributed by atoms with E-state index in [0.717, 1.165) is 25.1 Å². The highest BCUT2D eigenvalue weighted by molar-refractivity contribution is 7.99. The topological polar surface area (TPSA) is 41.6 Å². The minimum atomic E-state index is -0.0239. The Balaban J connectivity index is 1.43. The van der Waals surface area contributed by atoms with Gasteiger partial charge in [-0.1, -0.05) is 31.4 Å². The molecule has 1 N–H and O–H groups in total. The maximum absolute atomic E-state index is 12.3. The van der Waals surface area contributed by atoms with Crippen LogP contribution in [-0.2, 0) is 11.3 Å². The summed E-state index contributed by atoms with van der Waals surface area (Å²) in [7, 11) is 0. The fourth-order valence-electron chi connectivity index (χ4n) is 3.76. The molecule has 1 amide bonds. The van der Waals surface area contributed by atoms with Gasteiger partial charge in [-0.05, 0) is 37.5 Å². The minimum Gasteiger partial charge on any atom is -0.489 e. The number of ether oxygens (including phenoxy) is 1. The van der Waals surface area contributed by atoms with Gasteiger partial charge < -0.3 is 10.1 Å². The number of rotatable bonds is 7. The molecule has 1 heterocycles. The van der Waals surface area contributed by atoms with Crippen molar-refractivity contribution < 1.29 is 9.53 Å². The van der Waals surface area contributed by atoms with Crippen LogP contribution in [0.25, 0.3) is 0 Å². The number of nitrogens with zero attached hydrogens (tertiary/aromatic N) is 1. The molecule has 4 nitrogen and oxygen atoms in total. The van der Waals surface area contributed by atoms with Gasteiger partial charge in [0.25, 0.3) is 0 Å². The smallest absolute Gasteiger partial charge is 0.223 e. The molecule has 1 aliphatic carbocycles. The maximum atomic E-state index is 12.3. The SMILES string of the molecule is C[C@@H](CNC(=O)C1CCCCC1)Oc1cccc(CN2CCSCC2)c1. The van der Waals surface area contributed by atoms with Gasteiger partial charge in [0.1, 0.15) is 11.9 Å². The molecule has 2 aliphatic rings. The van der Waals surface area contributed by atoms with Crippen LogP contribution >= 0.6 is 11.8 Å². The molecule has 1 saturated heterocycles. The Morgan fingerprint density at radius 1 is 1.27 bits per heavy atom. The van der Waals surface area contributed by atoms with Crippen LogP contribution in [0.4, 0.5) is 0 Å². The molecule has 0 aromatic heterocycles. The third kappa shape index (κ3) is 6.20. The Bertz CT molecular complexity index is 569. The summed E-state index contributed by atoms with van der Waals surface area (Å²) in [6.45, 7) is 5.92. The Hall–Kier alpha value is -1.20. The molecule has 26 heavy (non-hydrogen) atoms. The van der Waals surface area contributed by atoms with Crippen LogP contribution in [0.15, 0.2) is 24.3 Å². The molecule has 5 heteroatoms. The average molecular weight is 377 g/mol. The molecule has 0 radical (unpaired) electrons. The van der Waals surface area contributed by atoms with Gasteiger partial charge in [0.05, 0.1) is 6.54 Å². The lowest BCUT2D eigenvalue weighted by Gasteiger charge is -2.26. The standard InChI is InChI=1S/C21H32N2O2S/c1-17(15-22-21(24)19-7-3-2-4-8-19)25-20-9-5-6-18(14-20)16-23-10-12-26-13-11-23/h5-6,9,14,17,19H,2-4,7-8,10-13,15-16H2,1H3,(H,22,24)/t17-/m0/s1. The zero-order valence-electron chi connectivity index (χ0n) is 15.9. The molecule has 2 fully saturated rings. The summed E-state index contributed by atoms with van der Waals surface area (Å²) >= 11 is 2.04. The fraction of sp³-hybridized carbons (Fsp3) is 0.667. The second-order valence-electron chi connectivity index (χ2n) is 7.54. The number of thioether (sulfide) groups is 1. The van der Waals surface area contributed by atoms with Crippen LogP contribution in [0.3, 0.4) is 0 Å². The molecular formula is C21H32N2O2S. The van der Waals surface area contributed by atoms with Crippen LogP contribution in [0.1, 0.15) is 44.6 Å². The molecule has 1 saturated carbocycles. The van der Waals surface area contributed by atoms with Crippen LogP contribution in [0.5, 0.6) is 5.75 Å². The van der Waals surface area contributed by atoms with Crippen molar-refractivity contribution in [2.24, 2.45) is 5.92 Å². The highest BCUT2D eigenvalue weighted by Crippen LogP contribution is 2.23. The van der Waals surface area contributed by atoms with Gasteiger partial charge in [-0.25, -0.2) is 0 Å². The van der Waals surface area contributed by atoms with Crippen molar-refractivity contribution >= 4 is 17.7 Å². The van der Waals surface area contributed by atoms with Gasteiger partial charge in [-0.15, -0.1) is 0 Å². The summed E-state index contributed by atoms with van der Waals surface area (Å²) in [4.78, 5) is 14.8. The van der Waals surface area contributed by atoms with Crippen molar-refractivity contribution in [3.63, 3.8) is 0 Å². The number of carbonyl (C=O) groups is 1. The molecule has 1 atom stereocenters. The third-order valence-electron chi connectivity index (χ3n) is 5.29. The predicted octanol–water partition coefficient (Wildman–Crippen LogP) is 3.70. The maximum Gasteiger partial charge on any atom is 0.223 e. The summed E-state index contributed by atoms with van der Waals surface area (Å²) in [5.41, 5.74) is 1.30. The summed E-state index contributed by atoms with van der Waals surface area (Å²) in [5, 5.41) is 3.08. The largest absolute Gasteiger partial charge is 0.489 e. The predicted molar refractivity (Wildman–Crippen MR) is 109 cm³/mol. The first-order valence-electron chi connectivity index (χ1n) is 10.0. The van der Waals surface area contributed by atoms with E-state index in [1.165, 1.54) is 49.4 Å². The number of carbonyl (C=O) groups excluding carboxylic acids is 1. The minimum absolute atomic E-state index is 0.0239. The first-order chi connectivity index (χ1) is 12.7. The van der Waals surface area contributed by atoms with Crippen molar-refractivity contribution in [1.29, 1.82) is 0 Å². The Morgan fingerprint density at radius 2 is 2.04 bits per heavy atom. The van der Waals surface area contributed by atoms with Gasteiger partial charge in [-0.2, -0.15) is 11.8 Å². The second-order valence-corrected chi connectivity index (χ2v) is 8.77. The summed E-state index contributed by atoms with van der Waals surface area (Å²) < 4.78 is 6.04. The quantitative estimate of drug-likeness (QED) is 0.788. The zero-order chi connectivity index (χ0) is 18.2. The van der Waals surface area contributed by atoms with Gasteiger partial charge in [-0.3, -0.25) is 9.69 Å². The molecule has 0 bridgehead atoms. The Kier molecular flexibility index (Phi) is 7.69. The highest BCUT2D eigenvalue weighted by Gasteiger charge is 2.21. The number of hydrogen-bond donors (Lipinski definition) is 1. The van der Waals surface area contributed by atoms with Crippen molar-refractivity contribution in [3.8, 4) is 5.75 Å². The third-order valence-corrected chi connectivity index (χ3v) is 6.23. The van der Waals surface area contributed by atoms with Gasteiger partial charge in [0.2, 0.25) is 5.91 Å². The molecule has 1 aromatic rings. The Labute approximate surface area is 162 Å². The van der Waals surface area contributed by atoms with Crippen LogP contribution in [0, 0.1) is 5.92 Å². The summed E-state index contributed by atoms with van der Waals surface area (Å²) in [5.74, 6) is 3.77. The molecule has 0 spiro atoms. The number of amides is 1.